The van der Waals surface area contributed by atoms with E-state index in [1.54, 1.807) is 43.5 Å². The molecule has 1 amide bonds. The first-order valence-corrected chi connectivity index (χ1v) is 12.4. The molecular weight excluding hydrogens is 476 g/mol. The number of ether oxygens (including phenoxy) is 2. The van der Waals surface area contributed by atoms with Crippen molar-refractivity contribution in [1.82, 2.24) is 5.32 Å². The molecule has 0 bridgehead atoms. The summed E-state index contributed by atoms with van der Waals surface area (Å²) in [4.78, 5) is 12.8. The summed E-state index contributed by atoms with van der Waals surface area (Å²) in [6.07, 6.45) is 0. The molecule has 0 aliphatic carbocycles. The molecule has 7 nitrogen and oxygen atoms in total. The van der Waals surface area contributed by atoms with Gasteiger partial charge in [0.25, 0.3) is 10.0 Å². The van der Waals surface area contributed by atoms with E-state index in [9.17, 15) is 13.2 Å². The summed E-state index contributed by atoms with van der Waals surface area (Å²) in [5, 5.41) is 3.14. The van der Waals surface area contributed by atoms with Crippen molar-refractivity contribution in [2.75, 3.05) is 31.1 Å². The fourth-order valence-electron chi connectivity index (χ4n) is 3.17. The fourth-order valence-corrected chi connectivity index (χ4v) is 4.71. The fraction of sp³-hybridized carbons (Fsp3) is 0.240. The van der Waals surface area contributed by atoms with Gasteiger partial charge in [-0.2, -0.15) is 0 Å². The van der Waals surface area contributed by atoms with Crippen molar-refractivity contribution in [3.05, 3.63) is 82.9 Å². The van der Waals surface area contributed by atoms with Crippen molar-refractivity contribution in [1.29, 1.82) is 0 Å². The Labute approximate surface area is 205 Å². The molecule has 0 saturated carbocycles. The van der Waals surface area contributed by atoms with Gasteiger partial charge >= 0.3 is 0 Å². The zero-order valence-electron chi connectivity index (χ0n) is 19.2. The highest BCUT2D eigenvalue weighted by Gasteiger charge is 2.27. The average Bonchev–Trinajstić information content (AvgIpc) is 2.82. The van der Waals surface area contributed by atoms with E-state index in [2.05, 4.69) is 5.32 Å². The molecule has 0 saturated heterocycles. The van der Waals surface area contributed by atoms with Crippen molar-refractivity contribution < 1.29 is 22.7 Å². The van der Waals surface area contributed by atoms with Crippen LogP contribution in [0.4, 0.5) is 5.69 Å². The van der Waals surface area contributed by atoms with Crippen molar-refractivity contribution in [3.8, 4) is 11.5 Å². The van der Waals surface area contributed by atoms with Crippen molar-refractivity contribution in [3.63, 3.8) is 0 Å². The first-order valence-electron chi connectivity index (χ1n) is 10.6. The highest BCUT2D eigenvalue weighted by Crippen LogP contribution is 2.26. The number of nitrogens with one attached hydrogen (secondary N) is 1. The Morgan fingerprint density at radius 1 is 0.971 bits per heavy atom. The lowest BCUT2D eigenvalue weighted by atomic mass is 10.1. The smallest absolute Gasteiger partial charge is 0.264 e. The number of methoxy groups -OCH3 is 1. The van der Waals surface area contributed by atoms with Gasteiger partial charge in [-0.3, -0.25) is 9.10 Å². The van der Waals surface area contributed by atoms with Crippen LogP contribution in [0.25, 0.3) is 0 Å². The first kappa shape index (κ1) is 25.4. The molecule has 0 aliphatic heterocycles. The van der Waals surface area contributed by atoms with Crippen molar-refractivity contribution in [2.24, 2.45) is 0 Å². The number of aryl methyl sites for hydroxylation is 2. The van der Waals surface area contributed by atoms with E-state index in [-0.39, 0.29) is 24.6 Å². The van der Waals surface area contributed by atoms with Gasteiger partial charge < -0.3 is 14.8 Å². The minimum Gasteiger partial charge on any atom is -0.497 e. The zero-order chi connectivity index (χ0) is 24.7. The number of benzene rings is 3. The maximum Gasteiger partial charge on any atom is 0.264 e. The third kappa shape index (κ3) is 6.42. The molecule has 0 aromatic heterocycles. The van der Waals surface area contributed by atoms with Gasteiger partial charge in [0.1, 0.15) is 24.7 Å². The van der Waals surface area contributed by atoms with E-state index in [1.807, 2.05) is 19.9 Å². The molecule has 9 heteroatoms. The normalized spacial score (nSPS) is 11.1. The van der Waals surface area contributed by atoms with Gasteiger partial charge in [0.15, 0.2) is 0 Å². The van der Waals surface area contributed by atoms with Crippen LogP contribution in [0.1, 0.15) is 11.1 Å². The molecule has 0 fully saturated rings. The number of anilines is 1. The number of amides is 1. The number of sulfonamides is 1. The number of hydrogen-bond donors (Lipinski definition) is 1. The van der Waals surface area contributed by atoms with Gasteiger partial charge in [0, 0.05) is 11.1 Å². The van der Waals surface area contributed by atoms with Gasteiger partial charge in [0.05, 0.1) is 24.2 Å². The summed E-state index contributed by atoms with van der Waals surface area (Å²) < 4.78 is 38.7. The lowest BCUT2D eigenvalue weighted by Crippen LogP contribution is -2.42. The number of carbonyl (C=O) groups is 1. The Hall–Kier alpha value is -3.23. The van der Waals surface area contributed by atoms with Crippen LogP contribution < -0.4 is 19.1 Å². The van der Waals surface area contributed by atoms with Crippen LogP contribution in [-0.4, -0.2) is 41.1 Å². The molecule has 0 spiro atoms. The summed E-state index contributed by atoms with van der Waals surface area (Å²) in [7, 11) is -2.44. The van der Waals surface area contributed by atoms with E-state index in [1.165, 1.54) is 24.3 Å². The second-order valence-electron chi connectivity index (χ2n) is 7.61. The highest BCUT2D eigenvalue weighted by atomic mass is 35.5. The highest BCUT2D eigenvalue weighted by molar-refractivity contribution is 7.92. The predicted octanol–water partition coefficient (Wildman–Crippen LogP) is 4.36. The Kier molecular flexibility index (Phi) is 8.41. The summed E-state index contributed by atoms with van der Waals surface area (Å²) in [6, 6.07) is 18.2. The zero-order valence-corrected chi connectivity index (χ0v) is 20.8. The SMILES string of the molecule is COc1cccc(OCCNC(=O)CN(c2ccc(C)c(C)c2)S(=O)(=O)c2ccc(Cl)cc2)c1. The largest absolute Gasteiger partial charge is 0.497 e. The van der Waals surface area contributed by atoms with Crippen LogP contribution in [0.15, 0.2) is 71.6 Å². The van der Waals surface area contributed by atoms with Gasteiger partial charge in [-0.05, 0) is 73.5 Å². The summed E-state index contributed by atoms with van der Waals surface area (Å²) in [5.41, 5.74) is 2.34. The van der Waals surface area contributed by atoms with Crippen molar-refractivity contribution >= 4 is 33.2 Å². The Morgan fingerprint density at radius 2 is 1.68 bits per heavy atom. The van der Waals surface area contributed by atoms with Crippen LogP contribution in [0.2, 0.25) is 5.02 Å². The molecule has 1 N–H and O–H groups in total. The Balaban J connectivity index is 1.72. The Morgan fingerprint density at radius 3 is 2.35 bits per heavy atom. The molecule has 0 atom stereocenters. The van der Waals surface area contributed by atoms with Crippen molar-refractivity contribution in [2.45, 2.75) is 18.7 Å². The molecule has 0 radical (unpaired) electrons. The molecule has 3 aromatic rings. The molecular formula is C25H27ClN2O5S. The second-order valence-corrected chi connectivity index (χ2v) is 9.91. The van der Waals surface area contributed by atoms with E-state index < -0.39 is 15.9 Å². The third-order valence-electron chi connectivity index (χ3n) is 5.20. The van der Waals surface area contributed by atoms with Gasteiger partial charge in [0.2, 0.25) is 5.91 Å². The first-order chi connectivity index (χ1) is 16.2. The monoisotopic (exact) mass is 502 g/mol. The Bertz CT molecular complexity index is 1250. The molecule has 0 aliphatic rings. The molecule has 0 unspecified atom stereocenters. The summed E-state index contributed by atoms with van der Waals surface area (Å²) >= 11 is 5.92. The van der Waals surface area contributed by atoms with Crippen LogP contribution in [0.5, 0.6) is 11.5 Å². The minimum absolute atomic E-state index is 0.0456. The van der Waals surface area contributed by atoms with Gasteiger partial charge in [-0.1, -0.05) is 23.7 Å². The van der Waals surface area contributed by atoms with E-state index >= 15 is 0 Å². The van der Waals surface area contributed by atoms with Crippen LogP contribution in [-0.2, 0) is 14.8 Å². The van der Waals surface area contributed by atoms with E-state index in [0.29, 0.717) is 22.2 Å². The molecule has 3 aromatic carbocycles. The maximum atomic E-state index is 13.4. The molecule has 180 valence electrons. The predicted molar refractivity (Wildman–Crippen MR) is 133 cm³/mol. The number of rotatable bonds is 10. The van der Waals surface area contributed by atoms with Gasteiger partial charge in [-0.25, -0.2) is 8.42 Å². The number of halogens is 1. The summed E-state index contributed by atoms with van der Waals surface area (Å²) in [6.45, 7) is 3.87. The lowest BCUT2D eigenvalue weighted by Gasteiger charge is -2.25. The molecule has 3 rings (SSSR count). The molecule has 34 heavy (non-hydrogen) atoms. The maximum absolute atomic E-state index is 13.4. The van der Waals surface area contributed by atoms with Crippen LogP contribution in [0.3, 0.4) is 0 Å². The minimum atomic E-state index is -4.01. The number of hydrogen-bond acceptors (Lipinski definition) is 5. The van der Waals surface area contributed by atoms with Crippen LogP contribution in [0, 0.1) is 13.8 Å². The second kappa shape index (κ2) is 11.3. The summed E-state index contributed by atoms with van der Waals surface area (Å²) in [5.74, 6) is 0.818. The lowest BCUT2D eigenvalue weighted by molar-refractivity contribution is -0.119. The van der Waals surface area contributed by atoms with Crippen LogP contribution >= 0.6 is 11.6 Å². The number of nitrogens with zero attached hydrogens (tertiary/aromatic N) is 1. The van der Waals surface area contributed by atoms with E-state index in [0.717, 1.165) is 15.4 Å². The topological polar surface area (TPSA) is 84.9 Å². The quantitative estimate of drug-likeness (QED) is 0.416. The number of carbonyl (C=O) groups excluding carboxylic acids is 1. The average molecular weight is 503 g/mol. The standard InChI is InChI=1S/C25H27ClN2O5S/c1-18-7-10-21(15-19(18)2)28(34(30,31)24-11-8-20(26)9-12-24)17-25(29)27-13-14-33-23-6-4-5-22(16-23)32-3/h4-12,15-16H,13-14,17H2,1-3H3,(H,27,29). The van der Waals surface area contributed by atoms with E-state index in [4.69, 9.17) is 21.1 Å². The molecule has 0 heterocycles. The van der Waals surface area contributed by atoms with Gasteiger partial charge in [-0.15, -0.1) is 0 Å². The third-order valence-corrected chi connectivity index (χ3v) is 7.24.